The lowest BCUT2D eigenvalue weighted by atomic mass is 10.1. The minimum atomic E-state index is -2.78. The van der Waals surface area contributed by atoms with Crippen molar-refractivity contribution in [3.63, 3.8) is 0 Å². The molecule has 4 aromatic carbocycles. The van der Waals surface area contributed by atoms with Crippen LogP contribution in [-0.4, -0.2) is 10.4 Å². The van der Waals surface area contributed by atoms with Gasteiger partial charge >= 0.3 is 0 Å². The Bertz CT molecular complexity index is 1250. The van der Waals surface area contributed by atoms with Gasteiger partial charge in [-0.2, -0.15) is 0 Å². The topological polar surface area (TPSA) is 47.8 Å². The highest BCUT2D eigenvalue weighted by atomic mass is 32.3. The molecule has 5 rings (SSSR count). The molecule has 0 amide bonds. The van der Waals surface area contributed by atoms with E-state index in [-0.39, 0.29) is 0 Å². The minimum Gasteiger partial charge on any atom is -0.621 e. The molecule has 0 saturated carbocycles. The molecule has 1 aliphatic heterocycles. The Morgan fingerprint density at radius 1 is 0.667 bits per heavy atom. The van der Waals surface area contributed by atoms with Gasteiger partial charge < -0.3 is 4.55 Å². The molecule has 0 saturated heterocycles. The van der Waals surface area contributed by atoms with Gasteiger partial charge in [-0.05, 0) is 41.1 Å². The lowest BCUT2D eigenvalue weighted by molar-refractivity contribution is 0.584. The summed E-state index contributed by atoms with van der Waals surface area (Å²) in [6.07, 6.45) is 0. The fraction of sp³-hybridized carbons (Fsp3) is 0. The standard InChI is InChI=1S/C23H16N2OS/c26-27(20-10-2-1-3-11-20)22-13-7-6-12-21(22)24-23(25-27)19-15-14-17-8-4-5-9-18(17)16-19/h1-16H. The molecule has 0 N–H and O–H groups in total. The van der Waals surface area contributed by atoms with Crippen molar-refractivity contribution in [1.29, 1.82) is 0 Å². The number of nitrogens with zero attached hydrogens (tertiary/aromatic N) is 2. The van der Waals surface area contributed by atoms with Crippen LogP contribution in [0.5, 0.6) is 0 Å². The monoisotopic (exact) mass is 368 g/mol. The molecular formula is C23H16N2OS. The van der Waals surface area contributed by atoms with Crippen LogP contribution in [0.15, 0.2) is 116 Å². The molecule has 27 heavy (non-hydrogen) atoms. The molecule has 0 aliphatic carbocycles. The normalized spacial score (nSPS) is 18.5. The van der Waals surface area contributed by atoms with Crippen LogP contribution in [0.1, 0.15) is 5.56 Å². The first-order valence-electron chi connectivity index (χ1n) is 8.73. The van der Waals surface area contributed by atoms with Crippen LogP contribution in [0.2, 0.25) is 0 Å². The van der Waals surface area contributed by atoms with Crippen LogP contribution >= 0.6 is 0 Å². The van der Waals surface area contributed by atoms with Crippen LogP contribution in [-0.2, 0) is 10.1 Å². The molecule has 4 heteroatoms. The summed E-state index contributed by atoms with van der Waals surface area (Å²) < 4.78 is 18.7. The number of fused-ring (bicyclic) bond motifs is 2. The van der Waals surface area contributed by atoms with E-state index in [0.29, 0.717) is 21.3 Å². The number of hydrogen-bond donors (Lipinski definition) is 0. The maximum Gasteiger partial charge on any atom is 0.206 e. The van der Waals surface area contributed by atoms with Crippen molar-refractivity contribution in [2.75, 3.05) is 0 Å². The Morgan fingerprint density at radius 2 is 1.37 bits per heavy atom. The number of para-hydroxylation sites is 1. The van der Waals surface area contributed by atoms with Crippen molar-refractivity contribution in [1.82, 2.24) is 0 Å². The summed E-state index contributed by atoms with van der Waals surface area (Å²) >= 11 is 0. The zero-order chi connectivity index (χ0) is 18.3. The van der Waals surface area contributed by atoms with Gasteiger partial charge in [0.15, 0.2) is 4.90 Å². The van der Waals surface area contributed by atoms with E-state index in [0.717, 1.165) is 16.3 Å². The van der Waals surface area contributed by atoms with Gasteiger partial charge in [0, 0.05) is 15.7 Å². The molecular weight excluding hydrogens is 352 g/mol. The second kappa shape index (κ2) is 6.27. The van der Waals surface area contributed by atoms with E-state index in [4.69, 9.17) is 4.99 Å². The highest BCUT2D eigenvalue weighted by Crippen LogP contribution is 2.39. The summed E-state index contributed by atoms with van der Waals surface area (Å²) in [5.74, 6) is 0.508. The smallest absolute Gasteiger partial charge is 0.206 e. The fourth-order valence-electron chi connectivity index (χ4n) is 3.32. The third-order valence-electron chi connectivity index (χ3n) is 4.68. The van der Waals surface area contributed by atoms with E-state index in [1.54, 1.807) is 0 Å². The first-order valence-corrected chi connectivity index (χ1v) is 10.2. The molecule has 0 spiro atoms. The third kappa shape index (κ3) is 2.70. The molecule has 1 heterocycles. The Labute approximate surface area is 158 Å². The largest absolute Gasteiger partial charge is 0.621 e. The summed E-state index contributed by atoms with van der Waals surface area (Å²) in [7, 11) is -2.78. The number of aliphatic imine (C=N–C) groups is 1. The van der Waals surface area contributed by atoms with Crippen molar-refractivity contribution in [3.05, 3.63) is 103 Å². The number of rotatable bonds is 2. The maximum atomic E-state index is 14.0. The highest BCUT2D eigenvalue weighted by molar-refractivity contribution is 8.00. The fourth-order valence-corrected chi connectivity index (χ4v) is 5.35. The number of hydrogen-bond acceptors (Lipinski definition) is 3. The molecule has 1 unspecified atom stereocenters. The quantitative estimate of drug-likeness (QED) is 0.411. The molecule has 0 aromatic heterocycles. The van der Waals surface area contributed by atoms with Crippen molar-refractivity contribution in [3.8, 4) is 0 Å². The SMILES string of the molecule is [O-][S+]1(c2ccccc2)=NC(c2ccc3ccccc3c2)=Nc2ccccc21. The summed E-state index contributed by atoms with van der Waals surface area (Å²) in [4.78, 5) is 6.08. The average molecular weight is 368 g/mol. The van der Waals surface area contributed by atoms with E-state index in [1.807, 2.05) is 78.9 Å². The molecule has 0 radical (unpaired) electrons. The zero-order valence-electron chi connectivity index (χ0n) is 14.4. The van der Waals surface area contributed by atoms with Crippen LogP contribution < -0.4 is 0 Å². The maximum absolute atomic E-state index is 14.0. The van der Waals surface area contributed by atoms with Crippen LogP contribution in [0.25, 0.3) is 10.8 Å². The first-order chi connectivity index (χ1) is 13.2. The van der Waals surface area contributed by atoms with Gasteiger partial charge in [0.25, 0.3) is 0 Å². The van der Waals surface area contributed by atoms with E-state index in [9.17, 15) is 4.55 Å². The molecule has 1 aliphatic rings. The van der Waals surface area contributed by atoms with Crippen LogP contribution in [0.3, 0.4) is 0 Å². The summed E-state index contributed by atoms with van der Waals surface area (Å²) in [5, 5.41) is 2.26. The molecule has 130 valence electrons. The highest BCUT2D eigenvalue weighted by Gasteiger charge is 2.29. The lowest BCUT2D eigenvalue weighted by Gasteiger charge is -2.26. The Balaban J connectivity index is 1.76. The number of benzene rings is 4. The molecule has 0 fully saturated rings. The second-order valence-corrected chi connectivity index (χ2v) is 8.54. The van der Waals surface area contributed by atoms with E-state index < -0.39 is 10.1 Å². The zero-order valence-corrected chi connectivity index (χ0v) is 15.3. The lowest BCUT2D eigenvalue weighted by Crippen LogP contribution is -2.18. The van der Waals surface area contributed by atoms with Gasteiger partial charge in [0.1, 0.15) is 10.6 Å². The molecule has 4 aromatic rings. The summed E-state index contributed by atoms with van der Waals surface area (Å²) in [6, 6.07) is 31.2. The van der Waals surface area contributed by atoms with Gasteiger partial charge in [0.2, 0.25) is 5.84 Å². The van der Waals surface area contributed by atoms with Crippen molar-refractivity contribution >= 4 is 32.4 Å². The van der Waals surface area contributed by atoms with Gasteiger partial charge in [-0.15, -0.1) is 0 Å². The Morgan fingerprint density at radius 3 is 2.22 bits per heavy atom. The molecule has 3 nitrogen and oxygen atoms in total. The van der Waals surface area contributed by atoms with Gasteiger partial charge in [-0.1, -0.05) is 71.1 Å². The second-order valence-electron chi connectivity index (χ2n) is 6.40. The van der Waals surface area contributed by atoms with Crippen molar-refractivity contribution in [2.45, 2.75) is 9.79 Å². The van der Waals surface area contributed by atoms with E-state index in [1.165, 1.54) is 0 Å². The predicted molar refractivity (Wildman–Crippen MR) is 110 cm³/mol. The van der Waals surface area contributed by atoms with Gasteiger partial charge in [0.05, 0.1) is 0 Å². The average Bonchev–Trinajstić information content (AvgIpc) is 2.74. The van der Waals surface area contributed by atoms with Gasteiger partial charge in [-0.3, -0.25) is 0 Å². The van der Waals surface area contributed by atoms with Crippen LogP contribution in [0, 0.1) is 0 Å². The minimum absolute atomic E-state index is 0.508. The summed E-state index contributed by atoms with van der Waals surface area (Å²) in [5.41, 5.74) is 1.58. The molecule has 0 bridgehead atoms. The van der Waals surface area contributed by atoms with Crippen molar-refractivity contribution < 1.29 is 4.55 Å². The Kier molecular flexibility index (Phi) is 3.74. The van der Waals surface area contributed by atoms with Gasteiger partial charge in [-0.25, -0.2) is 4.99 Å². The first kappa shape index (κ1) is 16.1. The summed E-state index contributed by atoms with van der Waals surface area (Å²) in [6.45, 7) is 0. The van der Waals surface area contributed by atoms with E-state index in [2.05, 4.69) is 22.6 Å². The number of amidine groups is 1. The predicted octanol–water partition coefficient (Wildman–Crippen LogP) is 5.82. The third-order valence-corrected chi connectivity index (χ3v) is 6.96. The Hall–Kier alpha value is -3.08. The van der Waals surface area contributed by atoms with Crippen molar-refractivity contribution in [2.24, 2.45) is 9.36 Å². The van der Waals surface area contributed by atoms with E-state index >= 15 is 0 Å². The van der Waals surface area contributed by atoms with Crippen LogP contribution in [0.4, 0.5) is 5.69 Å². The molecule has 1 atom stereocenters.